The second-order valence-corrected chi connectivity index (χ2v) is 7.67. The standard InChI is InChI=1S/C21H18N2O4S/c22-28(26,27)17-12-10-15(11-13-17)14-23-21(25)19-9-5-4-8-18(19)20(24)16-6-2-1-3-7-16/h1-13H,14H2,(H,23,25)(H2,22,26,27). The first kappa shape index (κ1) is 19.5. The van der Waals surface area contributed by atoms with Gasteiger partial charge < -0.3 is 5.32 Å². The van der Waals surface area contributed by atoms with Crippen LogP contribution in [-0.4, -0.2) is 20.1 Å². The molecule has 0 aliphatic carbocycles. The third kappa shape index (κ3) is 4.51. The smallest absolute Gasteiger partial charge is 0.252 e. The van der Waals surface area contributed by atoms with Crippen LogP contribution in [-0.2, 0) is 16.6 Å². The molecule has 0 saturated carbocycles. The molecule has 142 valence electrons. The minimum atomic E-state index is -3.76. The molecule has 7 heteroatoms. The molecule has 0 bridgehead atoms. The average molecular weight is 394 g/mol. The van der Waals surface area contributed by atoms with E-state index in [0.717, 1.165) is 0 Å². The van der Waals surface area contributed by atoms with Crippen molar-refractivity contribution >= 4 is 21.7 Å². The Bertz CT molecular complexity index is 1110. The molecule has 28 heavy (non-hydrogen) atoms. The van der Waals surface area contributed by atoms with Crippen LogP contribution in [0.15, 0.2) is 83.8 Å². The molecule has 0 aliphatic rings. The highest BCUT2D eigenvalue weighted by molar-refractivity contribution is 7.89. The maximum Gasteiger partial charge on any atom is 0.252 e. The number of hydrogen-bond acceptors (Lipinski definition) is 4. The van der Waals surface area contributed by atoms with Crippen molar-refractivity contribution < 1.29 is 18.0 Å². The molecule has 0 atom stereocenters. The van der Waals surface area contributed by atoms with Gasteiger partial charge in [-0.2, -0.15) is 0 Å². The molecule has 0 radical (unpaired) electrons. The Hall–Kier alpha value is -3.29. The Kier molecular flexibility index (Phi) is 5.67. The van der Waals surface area contributed by atoms with Crippen molar-refractivity contribution in [2.45, 2.75) is 11.4 Å². The van der Waals surface area contributed by atoms with E-state index in [1.807, 2.05) is 6.07 Å². The fourth-order valence-electron chi connectivity index (χ4n) is 2.70. The van der Waals surface area contributed by atoms with E-state index in [9.17, 15) is 18.0 Å². The maximum atomic E-state index is 12.7. The Labute approximate surface area is 163 Å². The summed E-state index contributed by atoms with van der Waals surface area (Å²) in [5, 5.41) is 7.82. The van der Waals surface area contributed by atoms with E-state index in [1.54, 1.807) is 60.7 Å². The highest BCUT2D eigenvalue weighted by atomic mass is 32.2. The van der Waals surface area contributed by atoms with Crippen molar-refractivity contribution in [1.29, 1.82) is 0 Å². The van der Waals surface area contributed by atoms with Crippen LogP contribution in [0.25, 0.3) is 0 Å². The number of primary sulfonamides is 1. The topological polar surface area (TPSA) is 106 Å². The normalized spacial score (nSPS) is 11.0. The lowest BCUT2D eigenvalue weighted by Crippen LogP contribution is -2.25. The van der Waals surface area contributed by atoms with Gasteiger partial charge in [0.1, 0.15) is 0 Å². The van der Waals surface area contributed by atoms with Gasteiger partial charge in [-0.25, -0.2) is 13.6 Å². The van der Waals surface area contributed by atoms with Crippen molar-refractivity contribution in [3.05, 3.63) is 101 Å². The summed E-state index contributed by atoms with van der Waals surface area (Å²) in [6, 6.07) is 21.2. The fraction of sp³-hybridized carbons (Fsp3) is 0.0476. The van der Waals surface area contributed by atoms with Crippen molar-refractivity contribution in [2.75, 3.05) is 0 Å². The summed E-state index contributed by atoms with van der Waals surface area (Å²) in [7, 11) is -3.76. The quantitative estimate of drug-likeness (QED) is 0.627. The number of carbonyl (C=O) groups is 2. The molecule has 0 fully saturated rings. The zero-order valence-electron chi connectivity index (χ0n) is 14.8. The summed E-state index contributed by atoms with van der Waals surface area (Å²) < 4.78 is 22.6. The van der Waals surface area contributed by atoms with Crippen molar-refractivity contribution in [3.63, 3.8) is 0 Å². The van der Waals surface area contributed by atoms with Gasteiger partial charge in [-0.1, -0.05) is 60.7 Å². The van der Waals surface area contributed by atoms with Gasteiger partial charge in [0.25, 0.3) is 5.91 Å². The summed E-state index contributed by atoms with van der Waals surface area (Å²) in [6.45, 7) is 0.178. The first-order valence-electron chi connectivity index (χ1n) is 8.45. The van der Waals surface area contributed by atoms with Crippen LogP contribution in [0, 0.1) is 0 Å². The number of ketones is 1. The Morgan fingerprint density at radius 3 is 1.96 bits per heavy atom. The highest BCUT2D eigenvalue weighted by Crippen LogP contribution is 2.15. The van der Waals surface area contributed by atoms with E-state index >= 15 is 0 Å². The third-order valence-electron chi connectivity index (χ3n) is 4.16. The van der Waals surface area contributed by atoms with Crippen LogP contribution in [0.1, 0.15) is 31.8 Å². The van der Waals surface area contributed by atoms with Gasteiger partial charge in [0.05, 0.1) is 10.5 Å². The summed E-state index contributed by atoms with van der Waals surface area (Å²) >= 11 is 0. The molecular formula is C21H18N2O4S. The average Bonchev–Trinajstić information content (AvgIpc) is 2.72. The fourth-order valence-corrected chi connectivity index (χ4v) is 3.21. The lowest BCUT2D eigenvalue weighted by molar-refractivity contribution is 0.0939. The van der Waals surface area contributed by atoms with E-state index in [2.05, 4.69) is 5.32 Å². The molecule has 3 rings (SSSR count). The molecule has 0 saturated heterocycles. The van der Waals surface area contributed by atoms with Gasteiger partial charge in [-0.3, -0.25) is 9.59 Å². The predicted molar refractivity (Wildman–Crippen MR) is 105 cm³/mol. The highest BCUT2D eigenvalue weighted by Gasteiger charge is 2.17. The number of carbonyl (C=O) groups excluding carboxylic acids is 2. The zero-order chi connectivity index (χ0) is 20.1. The number of rotatable bonds is 6. The molecule has 0 unspecified atom stereocenters. The van der Waals surface area contributed by atoms with Crippen molar-refractivity contribution in [2.24, 2.45) is 5.14 Å². The number of nitrogens with one attached hydrogen (secondary N) is 1. The lowest BCUT2D eigenvalue weighted by Gasteiger charge is -2.10. The Morgan fingerprint density at radius 2 is 1.36 bits per heavy atom. The minimum Gasteiger partial charge on any atom is -0.348 e. The van der Waals surface area contributed by atoms with Crippen LogP contribution in [0.4, 0.5) is 0 Å². The number of hydrogen-bond donors (Lipinski definition) is 2. The van der Waals surface area contributed by atoms with E-state index in [-0.39, 0.29) is 22.8 Å². The molecule has 0 heterocycles. The first-order chi connectivity index (χ1) is 13.4. The number of benzene rings is 3. The van der Waals surface area contributed by atoms with Gasteiger partial charge in [-0.05, 0) is 23.8 Å². The summed E-state index contributed by atoms with van der Waals surface area (Å²) in [5.74, 6) is -0.626. The molecule has 1 amide bonds. The molecule has 3 aromatic carbocycles. The lowest BCUT2D eigenvalue weighted by atomic mass is 9.98. The van der Waals surface area contributed by atoms with Crippen molar-refractivity contribution in [1.82, 2.24) is 5.32 Å². The molecule has 0 aliphatic heterocycles. The Balaban J connectivity index is 1.76. The number of amides is 1. The van der Waals surface area contributed by atoms with Crippen LogP contribution in [0.3, 0.4) is 0 Å². The van der Waals surface area contributed by atoms with Crippen LogP contribution < -0.4 is 10.5 Å². The van der Waals surface area contributed by atoms with E-state index in [1.165, 1.54) is 12.1 Å². The molecule has 3 aromatic rings. The second kappa shape index (κ2) is 8.16. The second-order valence-electron chi connectivity index (χ2n) is 6.11. The molecular weight excluding hydrogens is 376 g/mol. The molecule has 3 N–H and O–H groups in total. The van der Waals surface area contributed by atoms with Gasteiger partial charge >= 0.3 is 0 Å². The number of nitrogens with two attached hydrogens (primary N) is 1. The van der Waals surface area contributed by atoms with Crippen molar-refractivity contribution in [3.8, 4) is 0 Å². The van der Waals surface area contributed by atoms with Gasteiger partial charge in [0.2, 0.25) is 10.0 Å². The van der Waals surface area contributed by atoms with E-state index in [4.69, 9.17) is 5.14 Å². The largest absolute Gasteiger partial charge is 0.348 e. The SMILES string of the molecule is NS(=O)(=O)c1ccc(CNC(=O)c2ccccc2C(=O)c2ccccc2)cc1. The van der Waals surface area contributed by atoms with E-state index in [0.29, 0.717) is 16.7 Å². The molecule has 6 nitrogen and oxygen atoms in total. The van der Waals surface area contributed by atoms with Crippen LogP contribution >= 0.6 is 0 Å². The van der Waals surface area contributed by atoms with Gasteiger partial charge in [0, 0.05) is 17.7 Å². The molecule has 0 spiro atoms. The molecule has 0 aromatic heterocycles. The third-order valence-corrected chi connectivity index (χ3v) is 5.09. The monoisotopic (exact) mass is 394 g/mol. The van der Waals surface area contributed by atoms with Gasteiger partial charge in [-0.15, -0.1) is 0 Å². The van der Waals surface area contributed by atoms with Crippen LogP contribution in [0.5, 0.6) is 0 Å². The van der Waals surface area contributed by atoms with Crippen LogP contribution in [0.2, 0.25) is 0 Å². The summed E-state index contributed by atoms with van der Waals surface area (Å²) in [6.07, 6.45) is 0. The number of sulfonamides is 1. The first-order valence-corrected chi connectivity index (χ1v) is 9.99. The Morgan fingerprint density at radius 1 is 0.786 bits per heavy atom. The predicted octanol–water partition coefficient (Wildman–Crippen LogP) is 2.50. The maximum absolute atomic E-state index is 12.7. The summed E-state index contributed by atoms with van der Waals surface area (Å²) in [4.78, 5) is 25.4. The van der Waals surface area contributed by atoms with E-state index < -0.39 is 15.9 Å². The summed E-state index contributed by atoms with van der Waals surface area (Å²) in [5.41, 5.74) is 1.79. The zero-order valence-corrected chi connectivity index (χ0v) is 15.6. The minimum absolute atomic E-state index is 0.00128. The van der Waals surface area contributed by atoms with Gasteiger partial charge in [0.15, 0.2) is 5.78 Å².